The van der Waals surface area contributed by atoms with Gasteiger partial charge in [-0.15, -0.1) is 0 Å². The van der Waals surface area contributed by atoms with E-state index in [2.05, 4.69) is 39.4 Å². The number of carbonyl (C=O) groups is 1. The highest BCUT2D eigenvalue weighted by Crippen LogP contribution is 2.28. The third-order valence-corrected chi connectivity index (χ3v) is 4.88. The monoisotopic (exact) mass is 371 g/mol. The predicted octanol–water partition coefficient (Wildman–Crippen LogP) is 4.43. The van der Waals surface area contributed by atoms with Crippen LogP contribution in [0.25, 0.3) is 21.8 Å². The maximum atomic E-state index is 12.3. The lowest BCUT2D eigenvalue weighted by molar-refractivity contribution is -0.121. The molecule has 0 fully saturated rings. The Labute approximate surface area is 162 Å². The molecular weight excluding hydrogens is 350 g/mol. The molecule has 5 heteroatoms. The summed E-state index contributed by atoms with van der Waals surface area (Å²) < 4.78 is 2.17. The number of aryl methyl sites for hydroxylation is 1. The van der Waals surface area contributed by atoms with E-state index in [1.54, 1.807) is 25.1 Å². The van der Waals surface area contributed by atoms with Crippen molar-refractivity contribution in [3.63, 3.8) is 0 Å². The first-order valence-corrected chi connectivity index (χ1v) is 9.22. The number of phenolic OH excluding ortho intramolecular Hbond substituents is 1. The van der Waals surface area contributed by atoms with Gasteiger partial charge in [-0.3, -0.25) is 4.79 Å². The smallest absolute Gasteiger partial charge is 0.241 e. The SMILES string of the molecule is C/C(=N\NC(=O)CCn1c2ccccc2c2ccccc21)c1ccccc1O. The number of fused-ring (bicyclic) bond motifs is 3. The van der Waals surface area contributed by atoms with E-state index in [1.807, 2.05) is 30.3 Å². The number of hydrogen-bond donors (Lipinski definition) is 2. The second-order valence-electron chi connectivity index (χ2n) is 6.69. The van der Waals surface area contributed by atoms with Gasteiger partial charge in [0.05, 0.1) is 5.71 Å². The molecule has 0 aliphatic carbocycles. The quantitative estimate of drug-likeness (QED) is 0.403. The Balaban J connectivity index is 1.51. The summed E-state index contributed by atoms with van der Waals surface area (Å²) in [5.74, 6) is -0.0279. The zero-order chi connectivity index (χ0) is 19.5. The molecular formula is C23H21N3O2. The standard InChI is InChI=1S/C23H21N3O2/c1-16(17-8-4-7-13-22(17)27)24-25-23(28)14-15-26-20-11-5-2-9-18(20)19-10-3-6-12-21(19)26/h2-13,27H,14-15H2,1H3,(H,25,28)/b24-16+. The summed E-state index contributed by atoms with van der Waals surface area (Å²) in [7, 11) is 0. The van der Waals surface area contributed by atoms with Crippen LogP contribution in [-0.4, -0.2) is 21.3 Å². The summed E-state index contributed by atoms with van der Waals surface area (Å²) in [6, 6.07) is 23.4. The molecule has 5 nitrogen and oxygen atoms in total. The molecule has 3 aromatic carbocycles. The number of nitrogens with one attached hydrogen (secondary N) is 1. The number of aromatic nitrogens is 1. The zero-order valence-electron chi connectivity index (χ0n) is 15.6. The van der Waals surface area contributed by atoms with Crippen LogP contribution < -0.4 is 5.43 Å². The van der Waals surface area contributed by atoms with Crippen LogP contribution in [0.1, 0.15) is 18.9 Å². The normalized spacial score (nSPS) is 11.8. The molecule has 0 atom stereocenters. The number of hydrazone groups is 1. The largest absolute Gasteiger partial charge is 0.507 e. The van der Waals surface area contributed by atoms with Crippen molar-refractivity contribution in [3.05, 3.63) is 78.4 Å². The zero-order valence-corrected chi connectivity index (χ0v) is 15.6. The second kappa shape index (κ2) is 7.56. The maximum absolute atomic E-state index is 12.3. The van der Waals surface area contributed by atoms with Crippen molar-refractivity contribution < 1.29 is 9.90 Å². The molecule has 0 aliphatic rings. The number of aromatic hydroxyl groups is 1. The molecule has 140 valence electrons. The van der Waals surface area contributed by atoms with Gasteiger partial charge >= 0.3 is 0 Å². The van der Waals surface area contributed by atoms with Gasteiger partial charge in [-0.1, -0.05) is 48.5 Å². The van der Waals surface area contributed by atoms with Crippen LogP contribution in [0.5, 0.6) is 5.75 Å². The van der Waals surface area contributed by atoms with E-state index in [0.29, 0.717) is 24.2 Å². The first kappa shape index (κ1) is 17.8. The van der Waals surface area contributed by atoms with Crippen LogP contribution in [0.3, 0.4) is 0 Å². The third-order valence-electron chi connectivity index (χ3n) is 4.88. The van der Waals surface area contributed by atoms with Crippen LogP contribution in [0.2, 0.25) is 0 Å². The fourth-order valence-electron chi connectivity index (χ4n) is 3.50. The molecule has 0 aliphatic heterocycles. The summed E-state index contributed by atoms with van der Waals surface area (Å²) in [5, 5.41) is 16.4. The van der Waals surface area contributed by atoms with Crippen LogP contribution >= 0.6 is 0 Å². The molecule has 1 amide bonds. The first-order valence-electron chi connectivity index (χ1n) is 9.22. The Morgan fingerprint density at radius 1 is 0.929 bits per heavy atom. The molecule has 0 bridgehead atoms. The van der Waals surface area contributed by atoms with Crippen molar-refractivity contribution in [1.29, 1.82) is 0 Å². The van der Waals surface area contributed by atoms with E-state index in [1.165, 1.54) is 10.8 Å². The topological polar surface area (TPSA) is 66.6 Å². The summed E-state index contributed by atoms with van der Waals surface area (Å²) in [6.45, 7) is 2.31. The lowest BCUT2D eigenvalue weighted by Crippen LogP contribution is -2.20. The fraction of sp³-hybridized carbons (Fsp3) is 0.130. The van der Waals surface area contributed by atoms with Crippen LogP contribution in [0.15, 0.2) is 77.9 Å². The second-order valence-corrected chi connectivity index (χ2v) is 6.69. The van der Waals surface area contributed by atoms with Crippen molar-refractivity contribution in [2.24, 2.45) is 5.10 Å². The Morgan fingerprint density at radius 3 is 2.14 bits per heavy atom. The molecule has 1 heterocycles. The van der Waals surface area contributed by atoms with Gasteiger partial charge in [-0.05, 0) is 31.2 Å². The number of rotatable bonds is 5. The van der Waals surface area contributed by atoms with Gasteiger partial charge in [-0.25, -0.2) is 5.43 Å². The molecule has 4 rings (SSSR count). The Morgan fingerprint density at radius 2 is 1.50 bits per heavy atom. The lowest BCUT2D eigenvalue weighted by atomic mass is 10.1. The van der Waals surface area contributed by atoms with Crippen LogP contribution in [-0.2, 0) is 11.3 Å². The van der Waals surface area contributed by atoms with Crippen molar-refractivity contribution in [2.45, 2.75) is 19.9 Å². The van der Waals surface area contributed by atoms with Gasteiger partial charge < -0.3 is 9.67 Å². The van der Waals surface area contributed by atoms with Crippen molar-refractivity contribution in [1.82, 2.24) is 9.99 Å². The third kappa shape index (κ3) is 3.34. The van der Waals surface area contributed by atoms with Gasteiger partial charge in [0.25, 0.3) is 0 Å². The van der Waals surface area contributed by atoms with Crippen molar-refractivity contribution in [2.75, 3.05) is 0 Å². The predicted molar refractivity (Wildman–Crippen MR) is 113 cm³/mol. The highest BCUT2D eigenvalue weighted by Gasteiger charge is 2.11. The molecule has 2 N–H and O–H groups in total. The molecule has 4 aromatic rings. The summed E-state index contributed by atoms with van der Waals surface area (Å²) in [4.78, 5) is 12.3. The van der Waals surface area contributed by atoms with Gasteiger partial charge in [0.15, 0.2) is 0 Å². The van der Waals surface area contributed by atoms with Crippen LogP contribution in [0.4, 0.5) is 0 Å². The molecule has 1 aromatic heterocycles. The Bertz CT molecular complexity index is 1140. The molecule has 0 saturated carbocycles. The number of amides is 1. The van der Waals surface area contributed by atoms with Gasteiger partial charge in [0.2, 0.25) is 5.91 Å². The van der Waals surface area contributed by atoms with Gasteiger partial charge in [0.1, 0.15) is 5.75 Å². The minimum absolute atomic E-state index is 0.142. The van der Waals surface area contributed by atoms with Crippen molar-refractivity contribution in [3.8, 4) is 5.75 Å². The fourth-order valence-corrected chi connectivity index (χ4v) is 3.50. The highest BCUT2D eigenvalue weighted by molar-refractivity contribution is 6.08. The average Bonchev–Trinajstić information content (AvgIpc) is 3.05. The molecule has 0 radical (unpaired) electrons. The van der Waals surface area contributed by atoms with E-state index < -0.39 is 0 Å². The molecule has 0 unspecified atom stereocenters. The molecule has 0 spiro atoms. The van der Waals surface area contributed by atoms with Crippen LogP contribution in [0, 0.1) is 0 Å². The number of benzene rings is 3. The lowest BCUT2D eigenvalue weighted by Gasteiger charge is -2.08. The minimum Gasteiger partial charge on any atom is -0.507 e. The molecule has 0 saturated heterocycles. The number of carbonyl (C=O) groups excluding carboxylic acids is 1. The van der Waals surface area contributed by atoms with Gasteiger partial charge in [0, 0.05) is 40.3 Å². The summed E-state index contributed by atoms with van der Waals surface area (Å²) in [6.07, 6.45) is 0.306. The summed E-state index contributed by atoms with van der Waals surface area (Å²) >= 11 is 0. The van der Waals surface area contributed by atoms with E-state index in [4.69, 9.17) is 0 Å². The Hall–Kier alpha value is -3.60. The Kier molecular flexibility index (Phi) is 4.81. The van der Waals surface area contributed by atoms with Crippen molar-refractivity contribution >= 4 is 33.4 Å². The number of para-hydroxylation sites is 3. The van der Waals surface area contributed by atoms with Gasteiger partial charge in [-0.2, -0.15) is 5.10 Å². The summed E-state index contributed by atoms with van der Waals surface area (Å²) in [5.41, 5.74) is 5.98. The number of phenols is 1. The van der Waals surface area contributed by atoms with E-state index in [-0.39, 0.29) is 11.7 Å². The average molecular weight is 371 g/mol. The van der Waals surface area contributed by atoms with E-state index in [0.717, 1.165) is 11.0 Å². The minimum atomic E-state index is -0.170. The highest BCUT2D eigenvalue weighted by atomic mass is 16.3. The maximum Gasteiger partial charge on any atom is 0.241 e. The number of nitrogens with zero attached hydrogens (tertiary/aromatic N) is 2. The van der Waals surface area contributed by atoms with E-state index in [9.17, 15) is 9.90 Å². The van der Waals surface area contributed by atoms with E-state index >= 15 is 0 Å². The number of hydrogen-bond acceptors (Lipinski definition) is 3. The molecule has 28 heavy (non-hydrogen) atoms. The first-order chi connectivity index (χ1) is 13.6.